The minimum atomic E-state index is 0.0103. The van der Waals surface area contributed by atoms with Crippen LogP contribution in [0.2, 0.25) is 5.02 Å². The summed E-state index contributed by atoms with van der Waals surface area (Å²) in [7, 11) is 0. The minimum Gasteiger partial charge on any atom is -0.468 e. The molecule has 1 aromatic carbocycles. The van der Waals surface area contributed by atoms with Crippen LogP contribution in [-0.4, -0.2) is 5.84 Å². The molecule has 0 amide bonds. The number of hydrogen-bond donors (Lipinski definition) is 2. The molecule has 0 aliphatic rings. The van der Waals surface area contributed by atoms with Gasteiger partial charge in [-0.15, -0.1) is 0 Å². The van der Waals surface area contributed by atoms with Crippen molar-refractivity contribution in [3.8, 4) is 0 Å². The Morgan fingerprint density at radius 3 is 2.71 bits per heavy atom. The van der Waals surface area contributed by atoms with Crippen molar-refractivity contribution in [1.29, 1.82) is 5.41 Å². The fourth-order valence-corrected chi connectivity index (χ4v) is 2.54. The quantitative estimate of drug-likeness (QED) is 0.658. The molecule has 3 N–H and O–H groups in total. The summed E-state index contributed by atoms with van der Waals surface area (Å²) in [6.07, 6.45) is 1.64. The van der Waals surface area contributed by atoms with Crippen LogP contribution in [0.3, 0.4) is 0 Å². The Hall–Kier alpha value is -1.39. The van der Waals surface area contributed by atoms with E-state index < -0.39 is 0 Å². The predicted molar refractivity (Wildman–Crippen MR) is 70.0 cm³/mol. The van der Waals surface area contributed by atoms with Gasteiger partial charge in [0.15, 0.2) is 0 Å². The number of halogens is 1. The van der Waals surface area contributed by atoms with E-state index in [2.05, 4.69) is 0 Å². The Kier molecular flexibility index (Phi) is 3.45. The molecular weight excluding hydrogens is 256 g/mol. The molecular formula is C12H11ClN2OS. The molecule has 2 aromatic rings. The highest BCUT2D eigenvalue weighted by Gasteiger charge is 2.10. The van der Waals surface area contributed by atoms with Gasteiger partial charge in [-0.2, -0.15) is 0 Å². The first-order chi connectivity index (χ1) is 8.08. The number of nitrogens with one attached hydrogen (secondary N) is 1. The van der Waals surface area contributed by atoms with Crippen LogP contribution in [0.1, 0.15) is 11.3 Å². The van der Waals surface area contributed by atoms with Gasteiger partial charge in [0.25, 0.3) is 0 Å². The van der Waals surface area contributed by atoms with Gasteiger partial charge in [0.1, 0.15) is 11.6 Å². The molecule has 0 saturated carbocycles. The van der Waals surface area contributed by atoms with Crippen LogP contribution in [0, 0.1) is 12.3 Å². The van der Waals surface area contributed by atoms with E-state index in [1.54, 1.807) is 18.4 Å². The topological polar surface area (TPSA) is 63.0 Å². The first kappa shape index (κ1) is 12.1. The number of nitrogens with two attached hydrogens (primary N) is 1. The molecule has 3 nitrogen and oxygen atoms in total. The van der Waals surface area contributed by atoms with E-state index in [0.717, 1.165) is 15.6 Å². The third-order valence-corrected chi connectivity index (χ3v) is 3.72. The van der Waals surface area contributed by atoms with E-state index in [9.17, 15) is 0 Å². The highest BCUT2D eigenvalue weighted by molar-refractivity contribution is 7.99. The van der Waals surface area contributed by atoms with Crippen LogP contribution < -0.4 is 5.73 Å². The first-order valence-electron chi connectivity index (χ1n) is 4.94. The molecule has 0 unspecified atom stereocenters. The number of aryl methyl sites for hydroxylation is 1. The Bertz CT molecular complexity index is 565. The molecule has 0 aliphatic heterocycles. The summed E-state index contributed by atoms with van der Waals surface area (Å²) >= 11 is 7.41. The second kappa shape index (κ2) is 4.85. The summed E-state index contributed by atoms with van der Waals surface area (Å²) in [6.45, 7) is 1.89. The molecule has 0 fully saturated rings. The van der Waals surface area contributed by atoms with Gasteiger partial charge in [0, 0.05) is 15.5 Å². The Balaban J connectivity index is 2.39. The maximum Gasteiger partial charge on any atom is 0.123 e. The third kappa shape index (κ3) is 2.65. The van der Waals surface area contributed by atoms with Gasteiger partial charge in [-0.05, 0) is 31.2 Å². The smallest absolute Gasteiger partial charge is 0.123 e. The second-order valence-electron chi connectivity index (χ2n) is 3.50. The van der Waals surface area contributed by atoms with Crippen molar-refractivity contribution in [2.75, 3.05) is 0 Å². The summed E-state index contributed by atoms with van der Waals surface area (Å²) in [5.41, 5.74) is 6.18. The zero-order valence-corrected chi connectivity index (χ0v) is 10.7. The largest absolute Gasteiger partial charge is 0.468 e. The highest BCUT2D eigenvalue weighted by atomic mass is 35.5. The predicted octanol–water partition coefficient (Wildman–Crippen LogP) is 3.68. The number of rotatable bonds is 3. The van der Waals surface area contributed by atoms with E-state index in [-0.39, 0.29) is 5.84 Å². The van der Waals surface area contributed by atoms with Crippen molar-refractivity contribution in [2.24, 2.45) is 5.73 Å². The van der Waals surface area contributed by atoms with E-state index in [1.165, 1.54) is 11.8 Å². The summed E-state index contributed by atoms with van der Waals surface area (Å²) in [6, 6.07) is 7.22. The van der Waals surface area contributed by atoms with Crippen LogP contribution in [-0.2, 0) is 0 Å². The van der Waals surface area contributed by atoms with Crippen molar-refractivity contribution in [1.82, 2.24) is 0 Å². The van der Waals surface area contributed by atoms with Gasteiger partial charge in [0.2, 0.25) is 0 Å². The maximum atomic E-state index is 7.54. The molecule has 17 heavy (non-hydrogen) atoms. The molecule has 0 aliphatic carbocycles. The lowest BCUT2D eigenvalue weighted by Crippen LogP contribution is -2.12. The van der Waals surface area contributed by atoms with Crippen molar-refractivity contribution >= 4 is 29.2 Å². The van der Waals surface area contributed by atoms with Crippen molar-refractivity contribution in [3.63, 3.8) is 0 Å². The van der Waals surface area contributed by atoms with Crippen LogP contribution in [0.5, 0.6) is 0 Å². The second-order valence-corrected chi connectivity index (χ2v) is 5.02. The number of nitrogen functional groups attached to an aromatic ring is 1. The normalized spacial score (nSPS) is 10.5. The molecule has 2 rings (SSSR count). The molecule has 0 radical (unpaired) electrons. The van der Waals surface area contributed by atoms with Crippen LogP contribution in [0.25, 0.3) is 0 Å². The molecule has 1 aromatic heterocycles. The van der Waals surface area contributed by atoms with Gasteiger partial charge < -0.3 is 10.2 Å². The lowest BCUT2D eigenvalue weighted by Gasteiger charge is -2.07. The van der Waals surface area contributed by atoms with Crippen LogP contribution in [0.15, 0.2) is 44.7 Å². The number of furan rings is 1. The lowest BCUT2D eigenvalue weighted by atomic mass is 10.2. The van der Waals surface area contributed by atoms with Gasteiger partial charge in [-0.25, -0.2) is 0 Å². The van der Waals surface area contributed by atoms with Crippen molar-refractivity contribution in [2.45, 2.75) is 16.7 Å². The molecule has 5 heteroatoms. The van der Waals surface area contributed by atoms with Gasteiger partial charge in [-0.1, -0.05) is 23.4 Å². The summed E-state index contributed by atoms with van der Waals surface area (Å²) in [4.78, 5) is 1.90. The number of amidine groups is 1. The third-order valence-electron chi connectivity index (χ3n) is 2.26. The van der Waals surface area contributed by atoms with Crippen molar-refractivity contribution < 1.29 is 4.42 Å². The monoisotopic (exact) mass is 266 g/mol. The van der Waals surface area contributed by atoms with Gasteiger partial charge >= 0.3 is 0 Å². The Morgan fingerprint density at radius 2 is 2.12 bits per heavy atom. The fraction of sp³-hybridized carbons (Fsp3) is 0.0833. The standard InChI is InChI=1S/C12H11ClN2OS/c1-7-10(4-5-16-7)17-11-3-2-8(13)6-9(11)12(14)15/h2-6H,1H3,(H3,14,15). The number of hydrogen-bond acceptors (Lipinski definition) is 3. The van der Waals surface area contributed by atoms with Crippen LogP contribution in [0.4, 0.5) is 0 Å². The highest BCUT2D eigenvalue weighted by Crippen LogP contribution is 2.34. The summed E-state index contributed by atoms with van der Waals surface area (Å²) in [5, 5.41) is 8.11. The minimum absolute atomic E-state index is 0.0103. The zero-order valence-electron chi connectivity index (χ0n) is 9.16. The van der Waals surface area contributed by atoms with Crippen LogP contribution >= 0.6 is 23.4 Å². The molecule has 1 heterocycles. The molecule has 0 spiro atoms. The lowest BCUT2D eigenvalue weighted by molar-refractivity contribution is 0.527. The molecule has 0 atom stereocenters. The van der Waals surface area contributed by atoms with Gasteiger partial charge in [0.05, 0.1) is 11.2 Å². The van der Waals surface area contributed by atoms with Gasteiger partial charge in [-0.3, -0.25) is 5.41 Å². The van der Waals surface area contributed by atoms with Crippen molar-refractivity contribution in [3.05, 3.63) is 46.9 Å². The average Bonchev–Trinajstić information content (AvgIpc) is 2.67. The molecule has 88 valence electrons. The van der Waals surface area contributed by atoms with E-state index >= 15 is 0 Å². The fourth-order valence-electron chi connectivity index (χ4n) is 1.40. The van der Waals surface area contributed by atoms with E-state index in [4.69, 9.17) is 27.2 Å². The Morgan fingerprint density at radius 1 is 1.35 bits per heavy atom. The maximum absolute atomic E-state index is 7.54. The Labute approximate surface area is 108 Å². The number of benzene rings is 1. The first-order valence-corrected chi connectivity index (χ1v) is 6.13. The van der Waals surface area contributed by atoms with E-state index in [0.29, 0.717) is 10.6 Å². The van der Waals surface area contributed by atoms with E-state index in [1.807, 2.05) is 19.1 Å². The average molecular weight is 267 g/mol. The molecule has 0 saturated heterocycles. The summed E-state index contributed by atoms with van der Waals surface area (Å²) < 4.78 is 5.23. The summed E-state index contributed by atoms with van der Waals surface area (Å²) in [5.74, 6) is 0.857. The zero-order chi connectivity index (χ0) is 12.4. The SMILES string of the molecule is Cc1occc1Sc1ccc(Cl)cc1C(=N)N. The molecule has 0 bridgehead atoms.